The highest BCUT2D eigenvalue weighted by Gasteiger charge is 2.42. The van der Waals surface area contributed by atoms with Gasteiger partial charge in [0.2, 0.25) is 5.91 Å². The standard InChI is InChI=1S/C28H29N5O5/c1-17(34)33-14-11-19(12-15-33)24(25-27(36)32-28(37)31-25)30-26(35)20-9-7-18(8-10-20)16-38-23-6-2-5-22-21(23)4-3-13-29-22/h2-10,13,19,24-25H,11-12,14-16H2,1H3,(H,30,35)(H2,31,32,36,37). The number of fused-ring (bicyclic) bond motifs is 1. The summed E-state index contributed by atoms with van der Waals surface area (Å²) >= 11 is 0. The van der Waals surface area contributed by atoms with E-state index in [4.69, 9.17) is 4.74 Å². The number of urea groups is 1. The van der Waals surface area contributed by atoms with Crippen LogP contribution in [-0.4, -0.2) is 58.8 Å². The number of benzene rings is 2. The van der Waals surface area contributed by atoms with Crippen LogP contribution in [0.1, 0.15) is 35.7 Å². The van der Waals surface area contributed by atoms with Crippen LogP contribution in [0, 0.1) is 5.92 Å². The molecule has 2 aliphatic heterocycles. The molecule has 10 nitrogen and oxygen atoms in total. The Bertz CT molecular complexity index is 1360. The van der Waals surface area contributed by atoms with E-state index in [0.717, 1.165) is 22.2 Å². The molecule has 2 aromatic carbocycles. The summed E-state index contributed by atoms with van der Waals surface area (Å²) in [5.74, 6) is -0.160. The van der Waals surface area contributed by atoms with Gasteiger partial charge in [0.15, 0.2) is 0 Å². The van der Waals surface area contributed by atoms with Gasteiger partial charge in [-0.15, -0.1) is 0 Å². The molecule has 2 aliphatic rings. The molecule has 10 heteroatoms. The van der Waals surface area contributed by atoms with Crippen LogP contribution < -0.4 is 20.7 Å². The first-order valence-corrected chi connectivity index (χ1v) is 12.6. The van der Waals surface area contributed by atoms with Gasteiger partial charge >= 0.3 is 6.03 Å². The number of nitrogens with zero attached hydrogens (tertiary/aromatic N) is 2. The molecule has 3 N–H and O–H groups in total. The van der Waals surface area contributed by atoms with Crippen molar-refractivity contribution in [2.45, 2.75) is 38.5 Å². The summed E-state index contributed by atoms with van der Waals surface area (Å²) < 4.78 is 6.01. The summed E-state index contributed by atoms with van der Waals surface area (Å²) in [5.41, 5.74) is 2.17. The average molecular weight is 516 g/mol. The average Bonchev–Trinajstić information content (AvgIpc) is 3.27. The molecule has 2 fully saturated rings. The Labute approximate surface area is 219 Å². The predicted molar refractivity (Wildman–Crippen MR) is 139 cm³/mol. The van der Waals surface area contributed by atoms with Crippen molar-refractivity contribution in [3.63, 3.8) is 0 Å². The molecule has 3 heterocycles. The van der Waals surface area contributed by atoms with Crippen molar-refractivity contribution < 1.29 is 23.9 Å². The van der Waals surface area contributed by atoms with Crippen molar-refractivity contribution in [1.29, 1.82) is 0 Å². The van der Waals surface area contributed by atoms with Gasteiger partial charge in [-0.05, 0) is 60.7 Å². The van der Waals surface area contributed by atoms with E-state index >= 15 is 0 Å². The van der Waals surface area contributed by atoms with E-state index in [-0.39, 0.29) is 17.7 Å². The second-order valence-electron chi connectivity index (χ2n) is 9.59. The van der Waals surface area contributed by atoms with Gasteiger partial charge in [0.05, 0.1) is 11.6 Å². The molecular formula is C28H29N5O5. The van der Waals surface area contributed by atoms with E-state index in [2.05, 4.69) is 20.9 Å². The zero-order chi connectivity index (χ0) is 26.6. The molecule has 5 amide bonds. The van der Waals surface area contributed by atoms with Crippen LogP contribution in [0.15, 0.2) is 60.8 Å². The molecule has 2 atom stereocenters. The number of piperidine rings is 1. The number of hydrogen-bond donors (Lipinski definition) is 3. The van der Waals surface area contributed by atoms with Crippen LogP contribution in [-0.2, 0) is 16.2 Å². The first-order valence-electron chi connectivity index (χ1n) is 12.6. The smallest absolute Gasteiger partial charge is 0.322 e. The van der Waals surface area contributed by atoms with E-state index in [0.29, 0.717) is 38.1 Å². The number of hydrogen-bond acceptors (Lipinski definition) is 6. The Morgan fingerprint density at radius 1 is 1.08 bits per heavy atom. The molecule has 0 spiro atoms. The number of carbonyl (C=O) groups is 4. The Hall–Kier alpha value is -4.47. The number of carbonyl (C=O) groups excluding carboxylic acids is 4. The molecule has 0 aliphatic carbocycles. The first kappa shape index (κ1) is 25.2. The maximum Gasteiger partial charge on any atom is 0.322 e. The van der Waals surface area contributed by atoms with E-state index in [9.17, 15) is 19.2 Å². The third-order valence-corrected chi connectivity index (χ3v) is 7.17. The number of aromatic nitrogens is 1. The summed E-state index contributed by atoms with van der Waals surface area (Å²) in [7, 11) is 0. The number of rotatable bonds is 7. The molecule has 0 saturated carbocycles. The molecule has 0 radical (unpaired) electrons. The van der Waals surface area contributed by atoms with Gasteiger partial charge in [-0.25, -0.2) is 4.79 Å². The second kappa shape index (κ2) is 10.9. The van der Waals surface area contributed by atoms with E-state index in [1.54, 1.807) is 23.2 Å². The van der Waals surface area contributed by atoms with Gasteiger partial charge in [-0.2, -0.15) is 0 Å². The normalized spacial score (nSPS) is 18.6. The molecule has 38 heavy (non-hydrogen) atoms. The highest BCUT2D eigenvalue weighted by Crippen LogP contribution is 2.26. The molecular weight excluding hydrogens is 486 g/mol. The summed E-state index contributed by atoms with van der Waals surface area (Å²) in [4.78, 5) is 55.3. The molecule has 5 rings (SSSR count). The van der Waals surface area contributed by atoms with Gasteiger partial charge in [0.25, 0.3) is 11.8 Å². The Morgan fingerprint density at radius 3 is 2.53 bits per heavy atom. The van der Waals surface area contributed by atoms with Crippen molar-refractivity contribution in [3.05, 3.63) is 71.9 Å². The van der Waals surface area contributed by atoms with Crippen LogP contribution in [0.2, 0.25) is 0 Å². The Balaban J connectivity index is 1.25. The Morgan fingerprint density at radius 2 is 1.84 bits per heavy atom. The third kappa shape index (κ3) is 5.44. The minimum atomic E-state index is -0.872. The van der Waals surface area contributed by atoms with Crippen LogP contribution in [0.4, 0.5) is 4.79 Å². The van der Waals surface area contributed by atoms with Crippen LogP contribution in [0.5, 0.6) is 5.75 Å². The molecule has 3 aromatic rings. The maximum absolute atomic E-state index is 13.2. The number of ether oxygens (including phenoxy) is 1. The fraction of sp³-hybridized carbons (Fsp3) is 0.321. The van der Waals surface area contributed by atoms with Crippen LogP contribution >= 0.6 is 0 Å². The van der Waals surface area contributed by atoms with E-state index in [1.165, 1.54) is 6.92 Å². The minimum Gasteiger partial charge on any atom is -0.488 e. The van der Waals surface area contributed by atoms with Crippen molar-refractivity contribution in [2.75, 3.05) is 13.1 Å². The zero-order valence-corrected chi connectivity index (χ0v) is 21.0. The second-order valence-corrected chi connectivity index (χ2v) is 9.59. The first-order chi connectivity index (χ1) is 18.4. The minimum absolute atomic E-state index is 0.00265. The lowest BCUT2D eigenvalue weighted by Crippen LogP contribution is -2.56. The number of amides is 5. The molecule has 2 saturated heterocycles. The Kier molecular flexibility index (Phi) is 7.21. The summed E-state index contributed by atoms with van der Waals surface area (Å²) in [6.07, 6.45) is 2.97. The number of likely N-dealkylation sites (tertiary alicyclic amines) is 1. The number of nitrogens with one attached hydrogen (secondary N) is 3. The van der Waals surface area contributed by atoms with E-state index < -0.39 is 24.0 Å². The van der Waals surface area contributed by atoms with Gasteiger partial charge < -0.3 is 20.3 Å². The lowest BCUT2D eigenvalue weighted by atomic mass is 9.85. The fourth-order valence-electron chi connectivity index (χ4n) is 5.08. The lowest BCUT2D eigenvalue weighted by molar-refractivity contribution is -0.130. The summed E-state index contributed by atoms with van der Waals surface area (Å²) in [6.45, 7) is 2.92. The largest absolute Gasteiger partial charge is 0.488 e. The SMILES string of the molecule is CC(=O)N1CCC(C(NC(=O)c2ccc(COc3cccc4ncccc34)cc2)C2NC(=O)NC2=O)CC1. The highest BCUT2D eigenvalue weighted by atomic mass is 16.5. The molecule has 2 unspecified atom stereocenters. The zero-order valence-electron chi connectivity index (χ0n) is 21.0. The van der Waals surface area contributed by atoms with Crippen molar-refractivity contribution >= 4 is 34.7 Å². The van der Waals surface area contributed by atoms with Gasteiger partial charge in [-0.1, -0.05) is 18.2 Å². The fourth-order valence-corrected chi connectivity index (χ4v) is 5.08. The molecule has 1 aromatic heterocycles. The summed E-state index contributed by atoms with van der Waals surface area (Å²) in [6, 6.07) is 14.5. The third-order valence-electron chi connectivity index (χ3n) is 7.17. The van der Waals surface area contributed by atoms with Crippen LogP contribution in [0.25, 0.3) is 10.9 Å². The van der Waals surface area contributed by atoms with Gasteiger partial charge in [0.1, 0.15) is 18.4 Å². The van der Waals surface area contributed by atoms with Crippen LogP contribution in [0.3, 0.4) is 0 Å². The van der Waals surface area contributed by atoms with Gasteiger partial charge in [0, 0.05) is 37.2 Å². The number of imide groups is 1. The monoisotopic (exact) mass is 515 g/mol. The quantitative estimate of drug-likeness (QED) is 0.415. The lowest BCUT2D eigenvalue weighted by Gasteiger charge is -2.37. The topological polar surface area (TPSA) is 130 Å². The molecule has 196 valence electrons. The molecule has 0 bridgehead atoms. The number of pyridine rings is 1. The van der Waals surface area contributed by atoms with E-state index in [1.807, 2.05) is 42.5 Å². The summed E-state index contributed by atoms with van der Waals surface area (Å²) in [5, 5.41) is 8.79. The maximum atomic E-state index is 13.2. The van der Waals surface area contributed by atoms with Crippen molar-refractivity contribution in [1.82, 2.24) is 25.8 Å². The predicted octanol–water partition coefficient (Wildman–Crippen LogP) is 2.38. The van der Waals surface area contributed by atoms with Crippen molar-refractivity contribution in [2.24, 2.45) is 5.92 Å². The van der Waals surface area contributed by atoms with Gasteiger partial charge in [-0.3, -0.25) is 24.7 Å². The van der Waals surface area contributed by atoms with Crippen molar-refractivity contribution in [3.8, 4) is 5.75 Å². The highest BCUT2D eigenvalue weighted by molar-refractivity contribution is 6.05.